The fourth-order valence-electron chi connectivity index (χ4n) is 1.86. The van der Waals surface area contributed by atoms with Crippen LogP contribution in [0.3, 0.4) is 0 Å². The van der Waals surface area contributed by atoms with Crippen molar-refractivity contribution in [2.75, 3.05) is 19.8 Å². The lowest BCUT2D eigenvalue weighted by molar-refractivity contribution is -0.145. The van der Waals surface area contributed by atoms with Crippen LogP contribution in [-0.4, -0.2) is 25.7 Å². The molecule has 1 aromatic carbocycles. The minimum absolute atomic E-state index is 0.242. The number of hydrogen-bond acceptors (Lipinski definition) is 4. The lowest BCUT2D eigenvalue weighted by atomic mass is 10.1. The van der Waals surface area contributed by atoms with Crippen molar-refractivity contribution in [1.82, 2.24) is 5.32 Å². The molecule has 1 N–H and O–H groups in total. The summed E-state index contributed by atoms with van der Waals surface area (Å²) in [6, 6.07) is 7.20. The molecule has 0 radical (unpaired) electrons. The highest BCUT2D eigenvalue weighted by Gasteiger charge is 2.21. The molecule has 0 aromatic heterocycles. The molecule has 4 nitrogen and oxygen atoms in total. The number of carbonyl (C=O) groups excluding carboxylic acids is 1. The first-order valence-corrected chi connectivity index (χ1v) is 7.35. The zero-order chi connectivity index (χ0) is 14.8. The van der Waals surface area contributed by atoms with E-state index < -0.39 is 6.04 Å². The number of nitrogens with one attached hydrogen (secondary N) is 1. The topological polar surface area (TPSA) is 47.6 Å². The van der Waals surface area contributed by atoms with Crippen molar-refractivity contribution >= 4 is 5.97 Å². The minimum atomic E-state index is -0.430. The fourth-order valence-corrected chi connectivity index (χ4v) is 1.86. The van der Waals surface area contributed by atoms with E-state index in [1.54, 1.807) is 0 Å². The Morgan fingerprint density at radius 3 is 2.70 bits per heavy atom. The van der Waals surface area contributed by atoms with Crippen molar-refractivity contribution in [2.45, 2.75) is 39.7 Å². The summed E-state index contributed by atoms with van der Waals surface area (Å²) in [6.07, 6.45) is 1.92. The molecule has 0 aliphatic carbocycles. The first-order valence-electron chi connectivity index (χ1n) is 7.35. The van der Waals surface area contributed by atoms with E-state index in [1.807, 2.05) is 31.2 Å². The van der Waals surface area contributed by atoms with Crippen LogP contribution in [0.5, 0.6) is 5.75 Å². The van der Waals surface area contributed by atoms with Crippen molar-refractivity contribution in [3.8, 4) is 5.75 Å². The van der Waals surface area contributed by atoms with E-state index in [9.17, 15) is 4.79 Å². The monoisotopic (exact) mass is 279 g/mol. The van der Waals surface area contributed by atoms with Gasteiger partial charge in [-0.3, -0.25) is 0 Å². The van der Waals surface area contributed by atoms with Crippen LogP contribution < -0.4 is 10.1 Å². The smallest absolute Gasteiger partial charge is 0.327 e. The van der Waals surface area contributed by atoms with Gasteiger partial charge in [0.2, 0.25) is 0 Å². The molecule has 0 aliphatic rings. The molecule has 0 amide bonds. The van der Waals surface area contributed by atoms with Gasteiger partial charge in [0.1, 0.15) is 11.8 Å². The summed E-state index contributed by atoms with van der Waals surface area (Å²) < 4.78 is 10.7. The molecule has 112 valence electrons. The van der Waals surface area contributed by atoms with Crippen LogP contribution >= 0.6 is 0 Å². The maximum Gasteiger partial charge on any atom is 0.327 e. The van der Waals surface area contributed by atoms with E-state index in [0.29, 0.717) is 13.2 Å². The Hall–Kier alpha value is -1.55. The maximum atomic E-state index is 12.0. The van der Waals surface area contributed by atoms with E-state index in [4.69, 9.17) is 9.47 Å². The van der Waals surface area contributed by atoms with Crippen LogP contribution in [0.2, 0.25) is 0 Å². The van der Waals surface area contributed by atoms with E-state index >= 15 is 0 Å². The zero-order valence-electron chi connectivity index (χ0n) is 12.6. The molecule has 1 aromatic rings. The molecular formula is C16H25NO3. The van der Waals surface area contributed by atoms with Crippen LogP contribution in [0.15, 0.2) is 24.3 Å². The number of esters is 1. The van der Waals surface area contributed by atoms with Crippen LogP contribution in [0.25, 0.3) is 0 Å². The fraction of sp³-hybridized carbons (Fsp3) is 0.562. The average molecular weight is 279 g/mol. The summed E-state index contributed by atoms with van der Waals surface area (Å²) in [5.41, 5.74) is 0.880. The summed E-state index contributed by atoms with van der Waals surface area (Å²) in [7, 11) is 0. The summed E-state index contributed by atoms with van der Waals surface area (Å²) in [6.45, 7) is 7.77. The zero-order valence-corrected chi connectivity index (χ0v) is 12.6. The van der Waals surface area contributed by atoms with Gasteiger partial charge >= 0.3 is 5.97 Å². The van der Waals surface area contributed by atoms with Crippen LogP contribution in [0, 0.1) is 0 Å². The highest BCUT2D eigenvalue weighted by Crippen LogP contribution is 2.21. The predicted octanol–water partition coefficient (Wildman–Crippen LogP) is 3.08. The molecule has 0 bridgehead atoms. The third kappa shape index (κ3) is 5.21. The summed E-state index contributed by atoms with van der Waals surface area (Å²) in [5, 5.41) is 3.22. The third-order valence-corrected chi connectivity index (χ3v) is 2.79. The van der Waals surface area contributed by atoms with Gasteiger partial charge < -0.3 is 14.8 Å². The second kappa shape index (κ2) is 9.37. The van der Waals surface area contributed by atoms with Gasteiger partial charge in [-0.2, -0.15) is 0 Å². The number of ether oxygens (including phenoxy) is 2. The second-order valence-corrected chi connectivity index (χ2v) is 4.56. The molecule has 1 unspecified atom stereocenters. The van der Waals surface area contributed by atoms with Crippen molar-refractivity contribution in [3.05, 3.63) is 29.8 Å². The Labute approximate surface area is 121 Å². The van der Waals surface area contributed by atoms with Gasteiger partial charge in [-0.25, -0.2) is 4.79 Å². The van der Waals surface area contributed by atoms with Gasteiger partial charge in [-0.15, -0.1) is 0 Å². The molecule has 0 saturated heterocycles. The first kappa shape index (κ1) is 16.5. The van der Waals surface area contributed by atoms with Gasteiger partial charge in [-0.05, 0) is 44.0 Å². The summed E-state index contributed by atoms with van der Waals surface area (Å²) in [5.74, 6) is 0.547. The molecule has 4 heteroatoms. The molecule has 1 atom stereocenters. The lowest BCUT2D eigenvalue weighted by Gasteiger charge is -2.18. The molecular weight excluding hydrogens is 254 g/mol. The Morgan fingerprint density at radius 1 is 1.25 bits per heavy atom. The Kier molecular flexibility index (Phi) is 7.73. The van der Waals surface area contributed by atoms with E-state index in [1.165, 1.54) is 0 Å². The largest absolute Gasteiger partial charge is 0.494 e. The van der Waals surface area contributed by atoms with Crippen LogP contribution in [-0.2, 0) is 9.53 Å². The highest BCUT2D eigenvalue weighted by molar-refractivity contribution is 5.77. The standard InChI is InChI=1S/C16H25NO3/c1-4-10-17-15(16(18)19-6-3)13-8-7-9-14(12-13)20-11-5-2/h7-9,12,15,17H,4-6,10-11H2,1-3H3. The minimum Gasteiger partial charge on any atom is -0.494 e. The van der Waals surface area contributed by atoms with E-state index in [-0.39, 0.29) is 5.97 Å². The summed E-state index contributed by atoms with van der Waals surface area (Å²) in [4.78, 5) is 12.0. The van der Waals surface area contributed by atoms with Gasteiger partial charge in [0.15, 0.2) is 0 Å². The number of hydrogen-bond donors (Lipinski definition) is 1. The molecule has 1 rings (SSSR count). The molecule has 0 saturated carbocycles. The quantitative estimate of drug-likeness (QED) is 0.706. The van der Waals surface area contributed by atoms with Crippen LogP contribution in [0.4, 0.5) is 0 Å². The molecule has 0 fully saturated rings. The van der Waals surface area contributed by atoms with Crippen molar-refractivity contribution < 1.29 is 14.3 Å². The van der Waals surface area contributed by atoms with Gasteiger partial charge in [0.25, 0.3) is 0 Å². The molecule has 20 heavy (non-hydrogen) atoms. The van der Waals surface area contributed by atoms with Crippen molar-refractivity contribution in [2.24, 2.45) is 0 Å². The first-order chi connectivity index (χ1) is 9.72. The third-order valence-electron chi connectivity index (χ3n) is 2.79. The Bertz CT molecular complexity index is 406. The molecule has 0 aliphatic heterocycles. The van der Waals surface area contributed by atoms with E-state index in [0.717, 1.165) is 30.7 Å². The predicted molar refractivity (Wildman–Crippen MR) is 79.9 cm³/mol. The normalized spacial score (nSPS) is 11.9. The molecule has 0 spiro atoms. The van der Waals surface area contributed by atoms with Crippen molar-refractivity contribution in [3.63, 3.8) is 0 Å². The Balaban J connectivity index is 2.85. The second-order valence-electron chi connectivity index (χ2n) is 4.56. The SMILES string of the molecule is CCCNC(C(=O)OCC)c1cccc(OCCC)c1. The number of benzene rings is 1. The van der Waals surface area contributed by atoms with Crippen LogP contribution in [0.1, 0.15) is 45.2 Å². The maximum absolute atomic E-state index is 12.0. The number of carbonyl (C=O) groups is 1. The average Bonchev–Trinajstić information content (AvgIpc) is 2.46. The number of rotatable bonds is 9. The lowest BCUT2D eigenvalue weighted by Crippen LogP contribution is -2.30. The van der Waals surface area contributed by atoms with E-state index in [2.05, 4.69) is 19.2 Å². The molecule has 0 heterocycles. The van der Waals surface area contributed by atoms with Gasteiger partial charge in [-0.1, -0.05) is 26.0 Å². The summed E-state index contributed by atoms with van der Waals surface area (Å²) >= 11 is 0. The highest BCUT2D eigenvalue weighted by atomic mass is 16.5. The Morgan fingerprint density at radius 2 is 2.05 bits per heavy atom. The van der Waals surface area contributed by atoms with Crippen molar-refractivity contribution in [1.29, 1.82) is 0 Å². The van der Waals surface area contributed by atoms with Gasteiger partial charge in [0, 0.05) is 0 Å². The van der Waals surface area contributed by atoms with Gasteiger partial charge in [0.05, 0.1) is 13.2 Å².